The van der Waals surface area contributed by atoms with Gasteiger partial charge in [0.15, 0.2) is 0 Å². The van der Waals surface area contributed by atoms with Crippen LogP contribution in [0.25, 0.3) is 0 Å². The van der Waals surface area contributed by atoms with E-state index in [0.29, 0.717) is 26.3 Å². The van der Waals surface area contributed by atoms with Crippen LogP contribution in [0.2, 0.25) is 0 Å². The highest BCUT2D eigenvalue weighted by Gasteiger charge is 2.42. The lowest BCUT2D eigenvalue weighted by molar-refractivity contribution is -0.135. The van der Waals surface area contributed by atoms with E-state index in [-0.39, 0.29) is 17.4 Å². The van der Waals surface area contributed by atoms with Crippen LogP contribution in [0.4, 0.5) is 0 Å². The first-order valence-electron chi connectivity index (χ1n) is 7.44. The summed E-state index contributed by atoms with van der Waals surface area (Å²) >= 11 is 0. The van der Waals surface area contributed by atoms with Gasteiger partial charge in [-0.15, -0.1) is 0 Å². The third-order valence-electron chi connectivity index (χ3n) is 4.26. The smallest absolute Gasteiger partial charge is 0.227 e. The average Bonchev–Trinajstić information content (AvgIpc) is 2.86. The number of rotatable bonds is 8. The monoisotopic (exact) mass is 270 g/mol. The van der Waals surface area contributed by atoms with Gasteiger partial charge in [-0.05, 0) is 32.1 Å². The van der Waals surface area contributed by atoms with Gasteiger partial charge in [0.2, 0.25) is 5.91 Å². The van der Waals surface area contributed by atoms with E-state index in [1.807, 2.05) is 0 Å². The van der Waals surface area contributed by atoms with Gasteiger partial charge in [-0.3, -0.25) is 4.79 Å². The summed E-state index contributed by atoms with van der Waals surface area (Å²) in [6.45, 7) is 3.36. The maximum absolute atomic E-state index is 12.0. The molecule has 1 saturated heterocycles. The zero-order valence-electron chi connectivity index (χ0n) is 11.7. The van der Waals surface area contributed by atoms with Crippen molar-refractivity contribution >= 4 is 5.91 Å². The zero-order chi connectivity index (χ0) is 13.6. The molecule has 1 saturated carbocycles. The Bertz CT molecular complexity index is 281. The second kappa shape index (κ2) is 7.22. The second-order valence-corrected chi connectivity index (χ2v) is 5.66. The number of hydrogen-bond donors (Lipinski definition) is 2. The fourth-order valence-corrected chi connectivity index (χ4v) is 2.68. The van der Waals surface area contributed by atoms with Crippen LogP contribution in [-0.2, 0) is 14.3 Å². The number of nitrogens with one attached hydrogen (secondary N) is 1. The number of carbonyl (C=O) groups excluding carboxylic acids is 1. The van der Waals surface area contributed by atoms with Crippen LogP contribution in [0, 0.1) is 5.41 Å². The van der Waals surface area contributed by atoms with E-state index < -0.39 is 0 Å². The summed E-state index contributed by atoms with van der Waals surface area (Å²) in [6.07, 6.45) is 6.37. The molecule has 110 valence electrons. The molecule has 3 N–H and O–H groups in total. The number of carbonyl (C=O) groups is 1. The van der Waals surface area contributed by atoms with E-state index in [1.54, 1.807) is 0 Å². The first kappa shape index (κ1) is 14.8. The number of amides is 1. The standard InChI is InChI=1S/C14H26N2O3/c15-11-14(5-2-6-14)13(17)16-7-3-8-18-10-12-4-1-9-19-12/h12H,1-11,15H2,(H,16,17). The van der Waals surface area contributed by atoms with Gasteiger partial charge in [0, 0.05) is 26.3 Å². The third kappa shape index (κ3) is 3.91. The summed E-state index contributed by atoms with van der Waals surface area (Å²) in [5, 5.41) is 2.97. The van der Waals surface area contributed by atoms with Gasteiger partial charge in [-0.1, -0.05) is 6.42 Å². The molecule has 0 aromatic heterocycles. The Balaban J connectivity index is 1.48. The lowest BCUT2D eigenvalue weighted by atomic mass is 9.68. The van der Waals surface area contributed by atoms with Crippen LogP contribution in [-0.4, -0.2) is 44.9 Å². The van der Waals surface area contributed by atoms with Gasteiger partial charge in [-0.25, -0.2) is 0 Å². The molecule has 1 aliphatic heterocycles. The minimum Gasteiger partial charge on any atom is -0.379 e. The molecule has 5 heteroatoms. The molecule has 0 spiro atoms. The summed E-state index contributed by atoms with van der Waals surface area (Å²) in [7, 11) is 0. The Kier molecular flexibility index (Phi) is 5.60. The fourth-order valence-electron chi connectivity index (χ4n) is 2.68. The summed E-state index contributed by atoms with van der Waals surface area (Å²) in [4.78, 5) is 12.0. The van der Waals surface area contributed by atoms with Crippen LogP contribution in [0.1, 0.15) is 38.5 Å². The minimum absolute atomic E-state index is 0.125. The first-order valence-corrected chi connectivity index (χ1v) is 7.44. The Morgan fingerprint density at radius 1 is 1.42 bits per heavy atom. The van der Waals surface area contributed by atoms with Crippen molar-refractivity contribution in [2.45, 2.75) is 44.6 Å². The van der Waals surface area contributed by atoms with Crippen LogP contribution in [0.3, 0.4) is 0 Å². The second-order valence-electron chi connectivity index (χ2n) is 5.66. The van der Waals surface area contributed by atoms with Crippen molar-refractivity contribution in [2.75, 3.05) is 32.9 Å². The van der Waals surface area contributed by atoms with Crippen LogP contribution in [0.15, 0.2) is 0 Å². The van der Waals surface area contributed by atoms with Crippen molar-refractivity contribution in [3.8, 4) is 0 Å². The molecule has 0 bridgehead atoms. The van der Waals surface area contributed by atoms with E-state index in [2.05, 4.69) is 5.32 Å². The average molecular weight is 270 g/mol. The van der Waals surface area contributed by atoms with Gasteiger partial charge in [0.1, 0.15) is 0 Å². The van der Waals surface area contributed by atoms with E-state index in [0.717, 1.165) is 45.1 Å². The van der Waals surface area contributed by atoms with Crippen molar-refractivity contribution in [3.63, 3.8) is 0 Å². The summed E-state index contributed by atoms with van der Waals surface area (Å²) in [5.41, 5.74) is 5.43. The molecule has 0 aromatic rings. The van der Waals surface area contributed by atoms with Crippen LogP contribution in [0.5, 0.6) is 0 Å². The molecule has 1 atom stereocenters. The predicted octanol–water partition coefficient (Wildman–Crippen LogP) is 0.817. The van der Waals surface area contributed by atoms with Gasteiger partial charge in [0.05, 0.1) is 18.1 Å². The quantitative estimate of drug-likeness (QED) is 0.640. The largest absolute Gasteiger partial charge is 0.379 e. The Morgan fingerprint density at radius 2 is 2.26 bits per heavy atom. The van der Waals surface area contributed by atoms with E-state index >= 15 is 0 Å². The Hall–Kier alpha value is -0.650. The molecule has 1 amide bonds. The first-order chi connectivity index (χ1) is 9.27. The molecule has 1 aliphatic carbocycles. The van der Waals surface area contributed by atoms with Crippen molar-refractivity contribution in [2.24, 2.45) is 11.1 Å². The number of hydrogen-bond acceptors (Lipinski definition) is 4. The normalized spacial score (nSPS) is 25.0. The highest BCUT2D eigenvalue weighted by Crippen LogP contribution is 2.39. The van der Waals surface area contributed by atoms with Crippen LogP contribution < -0.4 is 11.1 Å². The van der Waals surface area contributed by atoms with Gasteiger partial charge in [0.25, 0.3) is 0 Å². The molecular weight excluding hydrogens is 244 g/mol. The minimum atomic E-state index is -0.265. The van der Waals surface area contributed by atoms with Crippen LogP contribution >= 0.6 is 0 Å². The number of ether oxygens (including phenoxy) is 2. The Morgan fingerprint density at radius 3 is 2.84 bits per heavy atom. The Labute approximate surface area is 115 Å². The summed E-state index contributed by atoms with van der Waals surface area (Å²) < 4.78 is 11.0. The molecule has 19 heavy (non-hydrogen) atoms. The molecule has 1 heterocycles. The molecule has 1 unspecified atom stereocenters. The maximum atomic E-state index is 12.0. The highest BCUT2D eigenvalue weighted by molar-refractivity contribution is 5.83. The van der Waals surface area contributed by atoms with Crippen molar-refractivity contribution in [1.82, 2.24) is 5.32 Å². The molecule has 5 nitrogen and oxygen atoms in total. The fraction of sp³-hybridized carbons (Fsp3) is 0.929. The van der Waals surface area contributed by atoms with Gasteiger partial charge < -0.3 is 20.5 Å². The predicted molar refractivity (Wildman–Crippen MR) is 72.8 cm³/mol. The zero-order valence-corrected chi connectivity index (χ0v) is 11.7. The number of nitrogens with two attached hydrogens (primary N) is 1. The summed E-state index contributed by atoms with van der Waals surface area (Å²) in [6, 6.07) is 0. The molecular formula is C14H26N2O3. The van der Waals surface area contributed by atoms with E-state index in [4.69, 9.17) is 15.2 Å². The van der Waals surface area contributed by atoms with E-state index in [1.165, 1.54) is 0 Å². The lowest BCUT2D eigenvalue weighted by Gasteiger charge is -2.39. The molecule has 2 aliphatic rings. The topological polar surface area (TPSA) is 73.6 Å². The molecule has 2 rings (SSSR count). The maximum Gasteiger partial charge on any atom is 0.227 e. The van der Waals surface area contributed by atoms with Crippen molar-refractivity contribution < 1.29 is 14.3 Å². The van der Waals surface area contributed by atoms with Crippen molar-refractivity contribution in [3.05, 3.63) is 0 Å². The SMILES string of the molecule is NCC1(C(=O)NCCCOCC2CCCO2)CCC1. The van der Waals surface area contributed by atoms with Gasteiger partial charge in [-0.2, -0.15) is 0 Å². The van der Waals surface area contributed by atoms with Gasteiger partial charge >= 0.3 is 0 Å². The highest BCUT2D eigenvalue weighted by atomic mass is 16.5. The van der Waals surface area contributed by atoms with E-state index in [9.17, 15) is 4.79 Å². The van der Waals surface area contributed by atoms with Crippen molar-refractivity contribution in [1.29, 1.82) is 0 Å². The summed E-state index contributed by atoms with van der Waals surface area (Å²) in [5.74, 6) is 0.125. The molecule has 2 fully saturated rings. The third-order valence-corrected chi connectivity index (χ3v) is 4.26. The molecule has 0 radical (unpaired) electrons. The lowest BCUT2D eigenvalue weighted by Crippen LogP contribution is -2.50. The molecule has 0 aromatic carbocycles.